The molecule has 0 aromatic heterocycles. The normalized spacial score (nSPS) is 26.9. The van der Waals surface area contributed by atoms with Gasteiger partial charge in [0.05, 0.1) is 0 Å². The molecule has 1 aliphatic heterocycles. The number of likely N-dealkylation sites (N-methyl/N-ethyl adjacent to an activating group) is 1. The van der Waals surface area contributed by atoms with Gasteiger partial charge in [-0.2, -0.15) is 0 Å². The van der Waals surface area contributed by atoms with Crippen LogP contribution in [0.5, 0.6) is 0 Å². The molecule has 118 valence electrons. The number of aliphatic hydroxyl groups is 1. The second-order valence-corrected chi connectivity index (χ2v) is 6.49. The van der Waals surface area contributed by atoms with E-state index in [1.807, 2.05) is 0 Å². The molecule has 6 heteroatoms. The van der Waals surface area contributed by atoms with Crippen LogP contribution < -0.4 is 10.6 Å². The molecule has 21 heavy (non-hydrogen) atoms. The lowest BCUT2D eigenvalue weighted by atomic mass is 9.86. The summed E-state index contributed by atoms with van der Waals surface area (Å²) in [5, 5.41) is 15.3. The van der Waals surface area contributed by atoms with E-state index >= 15 is 0 Å². The number of hydrogen-bond acceptors (Lipinski definition) is 4. The third kappa shape index (κ3) is 5.05. The number of aliphatic hydroxyl groups excluding tert-OH is 1. The van der Waals surface area contributed by atoms with Gasteiger partial charge in [0, 0.05) is 31.4 Å². The molecule has 1 fully saturated rings. The molecule has 0 spiro atoms. The SMILES string of the molecule is CN1CC=C(NC(=S)C(=O)NC2CCC[C@@H](CO)C2)CC1. The zero-order chi connectivity index (χ0) is 15.2. The molecule has 0 aromatic rings. The van der Waals surface area contributed by atoms with Crippen LogP contribution in [0.15, 0.2) is 11.8 Å². The van der Waals surface area contributed by atoms with Gasteiger partial charge in [-0.05, 0) is 38.6 Å². The Bertz CT molecular complexity index is 425. The Kier molecular flexibility index (Phi) is 6.14. The first kappa shape index (κ1) is 16.4. The van der Waals surface area contributed by atoms with Gasteiger partial charge in [-0.1, -0.05) is 24.7 Å². The van der Waals surface area contributed by atoms with E-state index in [-0.39, 0.29) is 23.5 Å². The molecule has 2 aliphatic rings. The summed E-state index contributed by atoms with van der Waals surface area (Å²) in [4.78, 5) is 14.6. The average molecular weight is 311 g/mol. The van der Waals surface area contributed by atoms with Crippen LogP contribution in [0, 0.1) is 5.92 Å². The van der Waals surface area contributed by atoms with Crippen molar-refractivity contribution >= 4 is 23.1 Å². The minimum absolute atomic E-state index is 0.134. The number of amides is 1. The maximum atomic E-state index is 12.1. The summed E-state index contributed by atoms with van der Waals surface area (Å²) >= 11 is 5.19. The average Bonchev–Trinajstić information content (AvgIpc) is 2.49. The molecular weight excluding hydrogens is 286 g/mol. The van der Waals surface area contributed by atoms with Crippen molar-refractivity contribution in [1.82, 2.24) is 15.5 Å². The molecular formula is C15H25N3O2S. The number of carbonyl (C=O) groups excluding carboxylic acids is 1. The number of nitrogens with one attached hydrogen (secondary N) is 2. The monoisotopic (exact) mass is 311 g/mol. The second kappa shape index (κ2) is 7.87. The fourth-order valence-electron chi connectivity index (χ4n) is 2.93. The molecule has 2 rings (SSSR count). The largest absolute Gasteiger partial charge is 0.396 e. The number of rotatable bonds is 3. The van der Waals surface area contributed by atoms with E-state index in [1.54, 1.807) is 0 Å². The predicted octanol–water partition coefficient (Wildman–Crippen LogP) is 0.790. The molecule has 1 unspecified atom stereocenters. The summed E-state index contributed by atoms with van der Waals surface area (Å²) in [5.41, 5.74) is 1.03. The van der Waals surface area contributed by atoms with Crippen LogP contribution in [0.2, 0.25) is 0 Å². The smallest absolute Gasteiger partial charge is 0.279 e. The van der Waals surface area contributed by atoms with Crippen LogP contribution >= 0.6 is 12.2 Å². The quantitative estimate of drug-likeness (QED) is 0.673. The first-order valence-electron chi connectivity index (χ1n) is 7.68. The Labute approximate surface area is 131 Å². The van der Waals surface area contributed by atoms with E-state index in [1.165, 1.54) is 0 Å². The van der Waals surface area contributed by atoms with Gasteiger partial charge in [0.1, 0.15) is 0 Å². The highest BCUT2D eigenvalue weighted by Crippen LogP contribution is 2.23. The lowest BCUT2D eigenvalue weighted by Gasteiger charge is -2.29. The maximum absolute atomic E-state index is 12.1. The van der Waals surface area contributed by atoms with E-state index in [4.69, 9.17) is 12.2 Å². The van der Waals surface area contributed by atoms with Crippen molar-refractivity contribution in [3.63, 3.8) is 0 Å². The number of nitrogens with zero attached hydrogens (tertiary/aromatic N) is 1. The van der Waals surface area contributed by atoms with E-state index < -0.39 is 0 Å². The zero-order valence-corrected chi connectivity index (χ0v) is 13.4. The standard InChI is InChI=1S/C15H25N3O2S/c1-18-7-5-12(6-8-18)17-15(21)14(20)16-13-4-2-3-11(9-13)10-19/h5,11,13,19H,2-4,6-10H2,1H3,(H,16,20)(H,17,21)/t11-,13?/m1/s1. The Morgan fingerprint density at radius 1 is 1.52 bits per heavy atom. The molecule has 0 aromatic carbocycles. The van der Waals surface area contributed by atoms with Gasteiger partial charge in [-0.15, -0.1) is 0 Å². The van der Waals surface area contributed by atoms with Gasteiger partial charge in [-0.3, -0.25) is 4.79 Å². The van der Waals surface area contributed by atoms with Crippen molar-refractivity contribution < 1.29 is 9.90 Å². The highest BCUT2D eigenvalue weighted by atomic mass is 32.1. The lowest BCUT2D eigenvalue weighted by Crippen LogP contribution is -2.46. The summed E-state index contributed by atoms with van der Waals surface area (Å²) in [6.45, 7) is 2.06. The van der Waals surface area contributed by atoms with E-state index in [2.05, 4.69) is 28.7 Å². The van der Waals surface area contributed by atoms with Crippen LogP contribution in [0.1, 0.15) is 32.1 Å². The van der Waals surface area contributed by atoms with Crippen molar-refractivity contribution in [3.05, 3.63) is 11.8 Å². The summed E-state index contributed by atoms with van der Waals surface area (Å²) in [6.07, 6.45) is 6.88. The van der Waals surface area contributed by atoms with Crippen LogP contribution in [0.4, 0.5) is 0 Å². The molecule has 1 amide bonds. The van der Waals surface area contributed by atoms with Gasteiger partial charge >= 0.3 is 0 Å². The molecule has 0 radical (unpaired) electrons. The highest BCUT2D eigenvalue weighted by molar-refractivity contribution is 7.82. The first-order chi connectivity index (χ1) is 10.1. The van der Waals surface area contributed by atoms with Crippen molar-refractivity contribution in [2.75, 3.05) is 26.7 Å². The Hall–Kier alpha value is -0.980. The van der Waals surface area contributed by atoms with Crippen LogP contribution in [0.25, 0.3) is 0 Å². The highest BCUT2D eigenvalue weighted by Gasteiger charge is 2.24. The Morgan fingerprint density at radius 2 is 2.33 bits per heavy atom. The van der Waals surface area contributed by atoms with Gasteiger partial charge in [0.25, 0.3) is 5.91 Å². The molecule has 1 saturated carbocycles. The molecule has 5 nitrogen and oxygen atoms in total. The minimum Gasteiger partial charge on any atom is -0.396 e. The van der Waals surface area contributed by atoms with Crippen molar-refractivity contribution in [1.29, 1.82) is 0 Å². The molecule has 1 aliphatic carbocycles. The Balaban J connectivity index is 1.78. The van der Waals surface area contributed by atoms with Crippen LogP contribution in [-0.2, 0) is 4.79 Å². The summed E-state index contributed by atoms with van der Waals surface area (Å²) in [5.74, 6) is 0.107. The van der Waals surface area contributed by atoms with Crippen LogP contribution in [0.3, 0.4) is 0 Å². The number of thiocarbonyl (C=S) groups is 1. The minimum atomic E-state index is -0.201. The summed E-state index contributed by atoms with van der Waals surface area (Å²) < 4.78 is 0. The Morgan fingerprint density at radius 3 is 3.00 bits per heavy atom. The molecule has 0 bridgehead atoms. The van der Waals surface area contributed by atoms with E-state index in [0.717, 1.165) is 50.9 Å². The zero-order valence-electron chi connectivity index (χ0n) is 12.6. The van der Waals surface area contributed by atoms with E-state index in [9.17, 15) is 9.90 Å². The van der Waals surface area contributed by atoms with Crippen molar-refractivity contribution in [3.8, 4) is 0 Å². The molecule has 0 saturated heterocycles. The topological polar surface area (TPSA) is 64.6 Å². The number of hydrogen-bond donors (Lipinski definition) is 3. The third-order valence-corrected chi connectivity index (χ3v) is 4.56. The van der Waals surface area contributed by atoms with Gasteiger partial charge in [0.2, 0.25) is 0 Å². The first-order valence-corrected chi connectivity index (χ1v) is 8.09. The van der Waals surface area contributed by atoms with Crippen molar-refractivity contribution in [2.24, 2.45) is 5.92 Å². The van der Waals surface area contributed by atoms with Gasteiger partial charge in [-0.25, -0.2) is 0 Å². The fraction of sp³-hybridized carbons (Fsp3) is 0.733. The fourth-order valence-corrected chi connectivity index (χ4v) is 3.12. The van der Waals surface area contributed by atoms with Crippen LogP contribution in [-0.4, -0.2) is 53.7 Å². The molecule has 2 atom stereocenters. The van der Waals surface area contributed by atoms with Gasteiger partial charge < -0.3 is 20.6 Å². The second-order valence-electron chi connectivity index (χ2n) is 6.08. The van der Waals surface area contributed by atoms with Crippen molar-refractivity contribution in [2.45, 2.75) is 38.1 Å². The number of carbonyl (C=O) groups is 1. The van der Waals surface area contributed by atoms with Gasteiger partial charge in [0.15, 0.2) is 4.99 Å². The summed E-state index contributed by atoms with van der Waals surface area (Å²) in [6, 6.07) is 0.134. The van der Waals surface area contributed by atoms with E-state index in [0.29, 0.717) is 5.92 Å². The predicted molar refractivity (Wildman–Crippen MR) is 86.9 cm³/mol. The lowest BCUT2D eigenvalue weighted by molar-refractivity contribution is -0.115. The third-order valence-electron chi connectivity index (χ3n) is 4.27. The summed E-state index contributed by atoms with van der Waals surface area (Å²) in [7, 11) is 2.07. The molecule has 3 N–H and O–H groups in total. The maximum Gasteiger partial charge on any atom is 0.279 e. The molecule has 1 heterocycles.